The summed E-state index contributed by atoms with van der Waals surface area (Å²) in [6.07, 6.45) is 0.930. The number of carbonyl (C=O) groups excluding carboxylic acids is 1. The molecule has 1 aliphatic heterocycles. The molecule has 2 amide bonds. The Bertz CT molecular complexity index is 1330. The smallest absolute Gasteiger partial charge is 0.326 e. The first kappa shape index (κ1) is 21.9. The zero-order chi connectivity index (χ0) is 23.7. The van der Waals surface area contributed by atoms with Crippen molar-refractivity contribution in [2.45, 2.75) is 26.3 Å². The number of amides is 2. The van der Waals surface area contributed by atoms with Crippen LogP contribution in [0.5, 0.6) is 5.75 Å². The Balaban J connectivity index is 1.63. The molecule has 2 aromatic carbocycles. The lowest BCUT2D eigenvalue weighted by Gasteiger charge is -2.35. The maximum atomic E-state index is 13.3. The van der Waals surface area contributed by atoms with Gasteiger partial charge in [-0.3, -0.25) is 4.90 Å². The number of thiophene rings is 1. The molecule has 0 fully saturated rings. The minimum atomic E-state index is -0.457. The van der Waals surface area contributed by atoms with Crippen LogP contribution >= 0.6 is 11.3 Å². The first-order valence-corrected chi connectivity index (χ1v) is 11.9. The van der Waals surface area contributed by atoms with Gasteiger partial charge in [-0.05, 0) is 60.2 Å². The second-order valence-corrected chi connectivity index (χ2v) is 8.86. The largest absolute Gasteiger partial charge is 0.497 e. The molecular weight excluding hydrogens is 448 g/mol. The van der Waals surface area contributed by atoms with Crippen molar-refractivity contribution in [2.75, 3.05) is 12.0 Å². The van der Waals surface area contributed by atoms with Crippen LogP contribution < -0.4 is 15.0 Å². The Labute approximate surface area is 201 Å². The Morgan fingerprint density at radius 2 is 1.88 bits per heavy atom. The molecule has 2 aromatic heterocycles. The number of carbonyl (C=O) groups is 1. The van der Waals surface area contributed by atoms with Gasteiger partial charge in [-0.25, -0.2) is 4.79 Å². The minimum absolute atomic E-state index is 0.218. The highest BCUT2D eigenvalue weighted by molar-refractivity contribution is 7.13. The summed E-state index contributed by atoms with van der Waals surface area (Å²) in [4.78, 5) is 20.6. The lowest BCUT2D eigenvalue weighted by molar-refractivity contribution is 0.244. The van der Waals surface area contributed by atoms with E-state index in [0.29, 0.717) is 11.7 Å². The third-order valence-corrected chi connectivity index (χ3v) is 6.80. The van der Waals surface area contributed by atoms with E-state index in [1.165, 1.54) is 5.56 Å². The number of allylic oxidation sites excluding steroid dienone is 1. The number of benzene rings is 2. The lowest BCUT2D eigenvalue weighted by atomic mass is 9.94. The maximum Gasteiger partial charge on any atom is 0.326 e. The normalized spacial score (nSPS) is 16.0. The van der Waals surface area contributed by atoms with Crippen molar-refractivity contribution in [3.63, 3.8) is 0 Å². The second kappa shape index (κ2) is 9.15. The topological polar surface area (TPSA) is 80.5 Å². The number of hydrogen-bond acceptors (Lipinski definition) is 6. The van der Waals surface area contributed by atoms with Gasteiger partial charge in [0.2, 0.25) is 5.82 Å². The number of anilines is 1. The molecule has 8 heteroatoms. The van der Waals surface area contributed by atoms with Gasteiger partial charge in [0.05, 0.1) is 29.3 Å². The molecule has 1 unspecified atom stereocenters. The Morgan fingerprint density at radius 3 is 2.53 bits per heavy atom. The standard InChI is InChI=1S/C26H24N4O3S/c1-4-17-7-11-19(12-8-17)30-16(2)22(25-28-24(29-33-25)21-6-5-15-34-21)23(27-26(30)31)18-9-13-20(32-3)14-10-18/h5-15,23H,4H2,1-3H3,(H,27,31). The first-order chi connectivity index (χ1) is 16.6. The summed E-state index contributed by atoms with van der Waals surface area (Å²) < 4.78 is 11.0. The highest BCUT2D eigenvalue weighted by Crippen LogP contribution is 2.39. The number of aromatic nitrogens is 2. The van der Waals surface area contributed by atoms with Gasteiger partial charge in [-0.1, -0.05) is 42.4 Å². The van der Waals surface area contributed by atoms with Crippen molar-refractivity contribution < 1.29 is 14.1 Å². The maximum absolute atomic E-state index is 13.3. The van der Waals surface area contributed by atoms with Gasteiger partial charge in [0, 0.05) is 5.70 Å². The van der Waals surface area contributed by atoms with Crippen LogP contribution in [0, 0.1) is 0 Å². The number of methoxy groups -OCH3 is 1. The van der Waals surface area contributed by atoms with E-state index in [-0.39, 0.29) is 6.03 Å². The Kier molecular flexibility index (Phi) is 5.90. The van der Waals surface area contributed by atoms with Gasteiger partial charge in [0.15, 0.2) is 0 Å². The molecule has 1 aliphatic rings. The van der Waals surface area contributed by atoms with Crippen LogP contribution in [0.25, 0.3) is 16.3 Å². The monoisotopic (exact) mass is 472 g/mol. The molecule has 0 radical (unpaired) electrons. The van der Waals surface area contributed by atoms with Gasteiger partial charge >= 0.3 is 6.03 Å². The zero-order valence-corrected chi connectivity index (χ0v) is 19.9. The van der Waals surface area contributed by atoms with Crippen LogP contribution in [0.1, 0.15) is 36.9 Å². The molecular formula is C26H24N4O3S. The van der Waals surface area contributed by atoms with E-state index in [0.717, 1.165) is 39.6 Å². The molecule has 0 bridgehead atoms. The number of urea groups is 1. The fourth-order valence-corrected chi connectivity index (χ4v) is 4.75. The molecule has 4 aromatic rings. The minimum Gasteiger partial charge on any atom is -0.497 e. The molecule has 5 rings (SSSR count). The van der Waals surface area contributed by atoms with Crippen molar-refractivity contribution in [1.82, 2.24) is 15.5 Å². The molecule has 0 saturated carbocycles. The second-order valence-electron chi connectivity index (χ2n) is 7.91. The number of ether oxygens (including phenoxy) is 1. The summed E-state index contributed by atoms with van der Waals surface area (Å²) >= 11 is 1.54. The average molecular weight is 473 g/mol. The number of hydrogen-bond donors (Lipinski definition) is 1. The van der Waals surface area contributed by atoms with E-state index < -0.39 is 6.04 Å². The summed E-state index contributed by atoms with van der Waals surface area (Å²) in [5, 5.41) is 9.31. The predicted octanol–water partition coefficient (Wildman–Crippen LogP) is 6.07. The Hall–Kier alpha value is -3.91. The van der Waals surface area contributed by atoms with Crippen LogP contribution in [-0.2, 0) is 6.42 Å². The third-order valence-electron chi connectivity index (χ3n) is 5.93. The fourth-order valence-electron chi connectivity index (χ4n) is 4.10. The zero-order valence-electron chi connectivity index (χ0n) is 19.1. The predicted molar refractivity (Wildman–Crippen MR) is 133 cm³/mol. The molecule has 0 saturated heterocycles. The lowest BCUT2D eigenvalue weighted by Crippen LogP contribution is -2.46. The summed E-state index contributed by atoms with van der Waals surface area (Å²) in [7, 11) is 1.62. The van der Waals surface area contributed by atoms with E-state index in [1.807, 2.05) is 73.0 Å². The summed E-state index contributed by atoms with van der Waals surface area (Å²) in [6, 6.07) is 18.8. The van der Waals surface area contributed by atoms with Crippen LogP contribution in [0.4, 0.5) is 10.5 Å². The number of rotatable bonds is 6. The summed E-state index contributed by atoms with van der Waals surface area (Å²) in [6.45, 7) is 4.01. The van der Waals surface area contributed by atoms with Crippen LogP contribution in [0.15, 0.2) is 76.3 Å². The molecule has 1 N–H and O–H groups in total. The quantitative estimate of drug-likeness (QED) is 0.368. The first-order valence-electron chi connectivity index (χ1n) is 11.0. The highest BCUT2D eigenvalue weighted by atomic mass is 32.1. The highest BCUT2D eigenvalue weighted by Gasteiger charge is 2.36. The van der Waals surface area contributed by atoms with Gasteiger partial charge in [0.25, 0.3) is 5.89 Å². The number of aryl methyl sites for hydroxylation is 1. The summed E-state index contributed by atoms with van der Waals surface area (Å²) in [5.74, 6) is 1.63. The van der Waals surface area contributed by atoms with Gasteiger partial charge in [0.1, 0.15) is 5.75 Å². The van der Waals surface area contributed by atoms with E-state index in [9.17, 15) is 4.79 Å². The fraction of sp³-hybridized carbons (Fsp3) is 0.192. The molecule has 172 valence electrons. The van der Waals surface area contributed by atoms with Gasteiger partial charge in [-0.2, -0.15) is 4.98 Å². The van der Waals surface area contributed by atoms with Crippen LogP contribution in [0.2, 0.25) is 0 Å². The molecule has 7 nitrogen and oxygen atoms in total. The van der Waals surface area contributed by atoms with Crippen molar-refractivity contribution in [1.29, 1.82) is 0 Å². The SMILES string of the molecule is CCc1ccc(N2C(=O)NC(c3ccc(OC)cc3)C(c3nc(-c4cccs4)no3)=C2C)cc1. The molecule has 1 atom stereocenters. The van der Waals surface area contributed by atoms with Gasteiger partial charge in [-0.15, -0.1) is 11.3 Å². The van der Waals surface area contributed by atoms with Crippen LogP contribution in [0.3, 0.4) is 0 Å². The number of nitrogens with zero attached hydrogens (tertiary/aromatic N) is 3. The third kappa shape index (κ3) is 3.97. The van der Waals surface area contributed by atoms with Crippen molar-refractivity contribution in [2.24, 2.45) is 0 Å². The van der Waals surface area contributed by atoms with Crippen molar-refractivity contribution in [3.05, 3.63) is 88.8 Å². The molecule has 34 heavy (non-hydrogen) atoms. The molecule has 0 aliphatic carbocycles. The Morgan fingerprint density at radius 1 is 1.12 bits per heavy atom. The van der Waals surface area contributed by atoms with E-state index in [2.05, 4.69) is 22.4 Å². The van der Waals surface area contributed by atoms with E-state index in [4.69, 9.17) is 9.26 Å². The summed E-state index contributed by atoms with van der Waals surface area (Å²) in [5.41, 5.74) is 4.35. The van der Waals surface area contributed by atoms with Crippen molar-refractivity contribution >= 4 is 28.6 Å². The van der Waals surface area contributed by atoms with E-state index in [1.54, 1.807) is 23.3 Å². The van der Waals surface area contributed by atoms with Crippen molar-refractivity contribution in [3.8, 4) is 16.5 Å². The van der Waals surface area contributed by atoms with Gasteiger partial charge < -0.3 is 14.6 Å². The average Bonchev–Trinajstić information content (AvgIpc) is 3.57. The molecule has 3 heterocycles. The van der Waals surface area contributed by atoms with E-state index >= 15 is 0 Å². The molecule has 0 spiro atoms. The van der Waals surface area contributed by atoms with Crippen LogP contribution in [-0.4, -0.2) is 23.3 Å². The number of nitrogens with one attached hydrogen (secondary N) is 1.